The Hall–Kier alpha value is -0.810. The number of aliphatic hydroxyl groups is 1. The van der Waals surface area contributed by atoms with E-state index in [9.17, 15) is 4.79 Å². The fourth-order valence-electron chi connectivity index (χ4n) is 2.80. The molecule has 0 radical (unpaired) electrons. The lowest BCUT2D eigenvalue weighted by atomic mass is 10.0. The molecule has 1 fully saturated rings. The molecule has 1 rings (SSSR count). The number of aliphatic hydroxyl groups excluding tert-OH is 1. The largest absolute Gasteiger partial charge is 0.396 e. The van der Waals surface area contributed by atoms with Gasteiger partial charge in [0.25, 0.3) is 0 Å². The lowest BCUT2D eigenvalue weighted by Gasteiger charge is -2.25. The first kappa shape index (κ1) is 17.2. The smallest absolute Gasteiger partial charge is 0.315 e. The van der Waals surface area contributed by atoms with E-state index in [4.69, 9.17) is 5.11 Å². The molecule has 0 aromatic carbocycles. The van der Waals surface area contributed by atoms with Crippen LogP contribution in [0.3, 0.4) is 0 Å². The minimum atomic E-state index is -0.128. The summed E-state index contributed by atoms with van der Waals surface area (Å²) in [5.41, 5.74) is 0. The number of hydrogen-bond acceptors (Lipinski definition) is 3. The van der Waals surface area contributed by atoms with E-state index in [0.29, 0.717) is 24.9 Å². The topological polar surface area (TPSA) is 64.6 Å². The van der Waals surface area contributed by atoms with Crippen molar-refractivity contribution in [3.05, 3.63) is 0 Å². The summed E-state index contributed by atoms with van der Waals surface area (Å²) in [6.45, 7) is 5.77. The Kier molecular flexibility index (Phi) is 7.92. The predicted octanol–water partition coefficient (Wildman–Crippen LogP) is 1.57. The van der Waals surface area contributed by atoms with Crippen LogP contribution in [0.25, 0.3) is 0 Å². The van der Waals surface area contributed by atoms with Crippen LogP contribution in [0.15, 0.2) is 0 Å². The van der Waals surface area contributed by atoms with Crippen LogP contribution < -0.4 is 10.6 Å². The van der Waals surface area contributed by atoms with Gasteiger partial charge in [-0.15, -0.1) is 0 Å². The van der Waals surface area contributed by atoms with Gasteiger partial charge < -0.3 is 20.6 Å². The first-order chi connectivity index (χ1) is 9.54. The summed E-state index contributed by atoms with van der Waals surface area (Å²) >= 11 is 0. The highest BCUT2D eigenvalue weighted by Crippen LogP contribution is 2.21. The van der Waals surface area contributed by atoms with Crippen molar-refractivity contribution in [2.75, 3.05) is 26.7 Å². The monoisotopic (exact) mass is 285 g/mol. The van der Waals surface area contributed by atoms with Crippen LogP contribution in [0.5, 0.6) is 0 Å². The molecule has 0 bridgehead atoms. The van der Waals surface area contributed by atoms with Crippen molar-refractivity contribution < 1.29 is 9.90 Å². The molecule has 0 aliphatic heterocycles. The van der Waals surface area contributed by atoms with Gasteiger partial charge in [-0.1, -0.05) is 26.7 Å². The normalized spacial score (nSPS) is 17.7. The summed E-state index contributed by atoms with van der Waals surface area (Å²) in [7, 11) is 2.14. The quantitative estimate of drug-likeness (QED) is 0.634. The van der Waals surface area contributed by atoms with Crippen LogP contribution in [-0.4, -0.2) is 54.9 Å². The van der Waals surface area contributed by atoms with Crippen molar-refractivity contribution >= 4 is 6.03 Å². The van der Waals surface area contributed by atoms with Crippen LogP contribution in [0.1, 0.15) is 46.0 Å². The Balaban J connectivity index is 2.18. The van der Waals surface area contributed by atoms with Gasteiger partial charge in [-0.3, -0.25) is 0 Å². The summed E-state index contributed by atoms with van der Waals surface area (Å²) in [6, 6.07) is 0.599. The molecule has 0 aromatic heterocycles. The number of rotatable bonds is 8. The van der Waals surface area contributed by atoms with Gasteiger partial charge in [0.05, 0.1) is 0 Å². The van der Waals surface area contributed by atoms with Gasteiger partial charge in [0.1, 0.15) is 0 Å². The maximum atomic E-state index is 11.8. The number of likely N-dealkylation sites (N-methyl/N-ethyl adjacent to an activating group) is 1. The van der Waals surface area contributed by atoms with Crippen molar-refractivity contribution in [1.82, 2.24) is 15.5 Å². The highest BCUT2D eigenvalue weighted by Gasteiger charge is 2.19. The third kappa shape index (κ3) is 6.09. The molecule has 0 spiro atoms. The van der Waals surface area contributed by atoms with Crippen molar-refractivity contribution in [3.63, 3.8) is 0 Å². The molecule has 20 heavy (non-hydrogen) atoms. The van der Waals surface area contributed by atoms with Crippen LogP contribution in [0.4, 0.5) is 4.79 Å². The first-order valence-electron chi connectivity index (χ1n) is 7.90. The zero-order chi connectivity index (χ0) is 15.0. The minimum absolute atomic E-state index is 0.0348. The molecule has 0 aromatic rings. The highest BCUT2D eigenvalue weighted by molar-refractivity contribution is 5.74. The molecule has 2 amide bonds. The summed E-state index contributed by atoms with van der Waals surface area (Å²) in [4.78, 5) is 14.2. The second-order valence-corrected chi connectivity index (χ2v) is 6.18. The van der Waals surface area contributed by atoms with E-state index in [2.05, 4.69) is 36.4 Å². The third-order valence-corrected chi connectivity index (χ3v) is 4.26. The number of urea groups is 1. The summed E-state index contributed by atoms with van der Waals surface area (Å²) in [5, 5.41) is 14.8. The van der Waals surface area contributed by atoms with E-state index >= 15 is 0 Å². The van der Waals surface area contributed by atoms with Crippen molar-refractivity contribution in [2.45, 2.75) is 58.0 Å². The molecular weight excluding hydrogens is 254 g/mol. The molecule has 1 saturated carbocycles. The average molecular weight is 285 g/mol. The Morgan fingerprint density at radius 3 is 2.55 bits per heavy atom. The number of carbonyl (C=O) groups is 1. The molecule has 1 aliphatic carbocycles. The van der Waals surface area contributed by atoms with Crippen LogP contribution >= 0.6 is 0 Å². The molecule has 118 valence electrons. The Bertz CT molecular complexity index is 278. The minimum Gasteiger partial charge on any atom is -0.396 e. The highest BCUT2D eigenvalue weighted by atomic mass is 16.3. The van der Waals surface area contributed by atoms with Gasteiger partial charge in [-0.05, 0) is 32.2 Å². The van der Waals surface area contributed by atoms with Crippen molar-refractivity contribution in [1.29, 1.82) is 0 Å². The first-order valence-corrected chi connectivity index (χ1v) is 7.90. The summed E-state index contributed by atoms with van der Waals surface area (Å²) in [5.74, 6) is 0.328. The van der Waals surface area contributed by atoms with E-state index in [1.54, 1.807) is 0 Å². The number of nitrogens with zero attached hydrogens (tertiary/aromatic N) is 1. The SMILES string of the molecule is CC(C)C(CCO)NC(=O)NCCN(C)C1CCCC1. The zero-order valence-corrected chi connectivity index (χ0v) is 13.2. The number of nitrogens with one attached hydrogen (secondary N) is 2. The molecular formula is C15H31N3O2. The molecule has 0 heterocycles. The second-order valence-electron chi connectivity index (χ2n) is 6.18. The van der Waals surface area contributed by atoms with Crippen LogP contribution in [-0.2, 0) is 0 Å². The standard InChI is InChI=1S/C15H31N3O2/c1-12(2)14(8-11-19)17-15(20)16-9-10-18(3)13-6-4-5-7-13/h12-14,19H,4-11H2,1-3H3,(H2,16,17,20). The van der Waals surface area contributed by atoms with Gasteiger partial charge >= 0.3 is 6.03 Å². The maximum Gasteiger partial charge on any atom is 0.315 e. The lowest BCUT2D eigenvalue weighted by molar-refractivity contribution is 0.213. The number of hydrogen-bond donors (Lipinski definition) is 3. The molecule has 3 N–H and O–H groups in total. The summed E-state index contributed by atoms with van der Waals surface area (Å²) < 4.78 is 0. The Labute approximate surface area is 123 Å². The van der Waals surface area contributed by atoms with E-state index < -0.39 is 0 Å². The van der Waals surface area contributed by atoms with Gasteiger partial charge in [0.2, 0.25) is 0 Å². The molecule has 0 saturated heterocycles. The van der Waals surface area contributed by atoms with Gasteiger partial charge in [0.15, 0.2) is 0 Å². The molecule has 5 heteroatoms. The molecule has 1 atom stereocenters. The number of amides is 2. The second kappa shape index (κ2) is 9.19. The Morgan fingerprint density at radius 2 is 2.00 bits per heavy atom. The van der Waals surface area contributed by atoms with Gasteiger partial charge in [0, 0.05) is 31.8 Å². The molecule has 1 aliphatic rings. The van der Waals surface area contributed by atoms with Gasteiger partial charge in [-0.2, -0.15) is 0 Å². The number of carbonyl (C=O) groups excluding carboxylic acids is 1. The maximum absolute atomic E-state index is 11.8. The van der Waals surface area contributed by atoms with Crippen molar-refractivity contribution in [2.24, 2.45) is 5.92 Å². The van der Waals surface area contributed by atoms with E-state index in [1.807, 2.05) is 0 Å². The van der Waals surface area contributed by atoms with Gasteiger partial charge in [-0.25, -0.2) is 4.79 Å². The molecule has 5 nitrogen and oxygen atoms in total. The average Bonchev–Trinajstić information content (AvgIpc) is 2.91. The van der Waals surface area contributed by atoms with Crippen LogP contribution in [0, 0.1) is 5.92 Å². The van der Waals surface area contributed by atoms with E-state index in [1.165, 1.54) is 25.7 Å². The predicted molar refractivity (Wildman–Crippen MR) is 81.7 cm³/mol. The van der Waals surface area contributed by atoms with Crippen molar-refractivity contribution in [3.8, 4) is 0 Å². The Morgan fingerprint density at radius 1 is 1.35 bits per heavy atom. The fraction of sp³-hybridized carbons (Fsp3) is 0.933. The third-order valence-electron chi connectivity index (χ3n) is 4.26. The van der Waals surface area contributed by atoms with E-state index in [0.717, 1.165) is 6.54 Å². The van der Waals surface area contributed by atoms with E-state index in [-0.39, 0.29) is 18.7 Å². The summed E-state index contributed by atoms with van der Waals surface area (Å²) in [6.07, 6.45) is 5.84. The lowest BCUT2D eigenvalue weighted by Crippen LogP contribution is -2.47. The van der Waals surface area contributed by atoms with Crippen LogP contribution in [0.2, 0.25) is 0 Å². The zero-order valence-electron chi connectivity index (χ0n) is 13.2. The molecule has 1 unspecified atom stereocenters. The fourth-order valence-corrected chi connectivity index (χ4v) is 2.80.